The number of thiophene rings is 1. The summed E-state index contributed by atoms with van der Waals surface area (Å²) in [7, 11) is 0. The second-order valence-corrected chi connectivity index (χ2v) is 8.70. The number of benzene rings is 1. The van der Waals surface area contributed by atoms with E-state index in [2.05, 4.69) is 10.4 Å². The minimum atomic E-state index is -0.269. The van der Waals surface area contributed by atoms with Crippen LogP contribution in [0, 0.1) is 5.82 Å². The molecule has 3 aromatic rings. The number of aromatic nitrogens is 2. The van der Waals surface area contributed by atoms with Crippen molar-refractivity contribution in [2.75, 3.05) is 6.54 Å². The molecular formula is C21H22ClFN4OS. The molecule has 0 unspecified atom stereocenters. The second kappa shape index (κ2) is 8.65. The van der Waals surface area contributed by atoms with Gasteiger partial charge in [0.2, 0.25) is 0 Å². The quantitative estimate of drug-likeness (QED) is 0.617. The van der Waals surface area contributed by atoms with Gasteiger partial charge in [-0.15, -0.1) is 11.3 Å². The Morgan fingerprint density at radius 1 is 1.41 bits per heavy atom. The van der Waals surface area contributed by atoms with Crippen molar-refractivity contribution in [2.24, 2.45) is 5.73 Å². The number of nitrogens with two attached hydrogens (primary N) is 1. The Morgan fingerprint density at radius 2 is 2.24 bits per heavy atom. The minimum Gasteiger partial charge on any atom is -0.348 e. The minimum absolute atomic E-state index is 0.167. The number of amides is 1. The molecule has 1 aliphatic heterocycles. The van der Waals surface area contributed by atoms with E-state index in [1.54, 1.807) is 24.4 Å². The molecule has 29 heavy (non-hydrogen) atoms. The Morgan fingerprint density at radius 3 is 3.03 bits per heavy atom. The number of rotatable bonds is 6. The van der Waals surface area contributed by atoms with Gasteiger partial charge >= 0.3 is 0 Å². The molecule has 3 N–H and O–H groups in total. The molecule has 0 saturated heterocycles. The zero-order valence-corrected chi connectivity index (χ0v) is 17.4. The zero-order valence-electron chi connectivity index (χ0n) is 15.8. The lowest BCUT2D eigenvalue weighted by molar-refractivity contribution is 0.0939. The Kier molecular flexibility index (Phi) is 5.99. The summed E-state index contributed by atoms with van der Waals surface area (Å²) in [6, 6.07) is 8.28. The second-order valence-electron chi connectivity index (χ2n) is 7.16. The number of carbonyl (C=O) groups is 1. The van der Waals surface area contributed by atoms with Crippen molar-refractivity contribution in [2.45, 2.75) is 38.3 Å². The average Bonchev–Trinajstić information content (AvgIpc) is 3.23. The molecule has 152 valence electrons. The normalized spacial score (nSPS) is 14.0. The van der Waals surface area contributed by atoms with Gasteiger partial charge in [0.15, 0.2) is 0 Å². The van der Waals surface area contributed by atoms with Gasteiger partial charge in [-0.05, 0) is 49.9 Å². The van der Waals surface area contributed by atoms with Crippen molar-refractivity contribution >= 4 is 28.8 Å². The van der Waals surface area contributed by atoms with Gasteiger partial charge in [0.1, 0.15) is 5.82 Å². The monoisotopic (exact) mass is 432 g/mol. The molecule has 4 rings (SSSR count). The molecule has 3 heterocycles. The topological polar surface area (TPSA) is 72.9 Å². The molecule has 1 aliphatic rings. The van der Waals surface area contributed by atoms with Crippen LogP contribution in [0.15, 0.2) is 36.5 Å². The van der Waals surface area contributed by atoms with Gasteiger partial charge in [0, 0.05) is 23.0 Å². The van der Waals surface area contributed by atoms with Gasteiger partial charge < -0.3 is 11.1 Å². The van der Waals surface area contributed by atoms with Crippen molar-refractivity contribution < 1.29 is 9.18 Å². The molecule has 0 fully saturated rings. The fourth-order valence-corrected chi connectivity index (χ4v) is 5.08. The summed E-state index contributed by atoms with van der Waals surface area (Å²) in [4.78, 5) is 14.7. The number of fused-ring (bicyclic) bond motifs is 3. The summed E-state index contributed by atoms with van der Waals surface area (Å²) in [5.74, 6) is -0.436. The largest absolute Gasteiger partial charge is 0.348 e. The van der Waals surface area contributed by atoms with Crippen LogP contribution in [-0.4, -0.2) is 28.3 Å². The van der Waals surface area contributed by atoms with E-state index in [0.29, 0.717) is 34.8 Å². The van der Waals surface area contributed by atoms with Crippen molar-refractivity contribution in [3.05, 3.63) is 62.7 Å². The average molecular weight is 433 g/mol. The summed E-state index contributed by atoms with van der Waals surface area (Å²) < 4.78 is 15.9. The van der Waals surface area contributed by atoms with Crippen LogP contribution < -0.4 is 11.1 Å². The predicted molar refractivity (Wildman–Crippen MR) is 114 cm³/mol. The first-order valence-corrected chi connectivity index (χ1v) is 10.8. The number of hydrogen-bond acceptors (Lipinski definition) is 4. The highest BCUT2D eigenvalue weighted by molar-refractivity contribution is 7.14. The van der Waals surface area contributed by atoms with E-state index in [0.717, 1.165) is 35.5 Å². The first-order valence-electron chi connectivity index (χ1n) is 9.65. The third kappa shape index (κ3) is 4.22. The number of hydrogen-bond donors (Lipinski definition) is 2. The smallest absolute Gasteiger partial charge is 0.261 e. The van der Waals surface area contributed by atoms with Crippen LogP contribution in [0.4, 0.5) is 4.39 Å². The Hall–Kier alpha value is -2.22. The van der Waals surface area contributed by atoms with E-state index in [-0.39, 0.29) is 17.8 Å². The SMILES string of the molecule is NCC[C@H](Cc1ccccc1F)NC(=O)c1cc2c(s1)CCCn1ncc(Cl)c1-2. The molecular weight excluding hydrogens is 411 g/mol. The Labute approximate surface area is 177 Å². The van der Waals surface area contributed by atoms with E-state index in [1.807, 2.05) is 10.7 Å². The number of aryl methyl sites for hydroxylation is 2. The maximum atomic E-state index is 14.0. The molecule has 0 radical (unpaired) electrons. The maximum absolute atomic E-state index is 14.0. The van der Waals surface area contributed by atoms with Gasteiger partial charge in [0.05, 0.1) is 21.8 Å². The van der Waals surface area contributed by atoms with Crippen LogP contribution in [-0.2, 0) is 19.4 Å². The summed E-state index contributed by atoms with van der Waals surface area (Å²) >= 11 is 7.83. The van der Waals surface area contributed by atoms with Gasteiger partial charge in [-0.2, -0.15) is 5.10 Å². The van der Waals surface area contributed by atoms with Crippen LogP contribution >= 0.6 is 22.9 Å². The highest BCUT2D eigenvalue weighted by atomic mass is 35.5. The van der Waals surface area contributed by atoms with Crippen LogP contribution in [0.25, 0.3) is 11.3 Å². The lowest BCUT2D eigenvalue weighted by Gasteiger charge is -2.18. The molecule has 1 amide bonds. The molecule has 0 spiro atoms. The molecule has 1 aromatic carbocycles. The standard InChI is InChI=1S/C21H22ClFN4OS/c22-16-12-25-27-9-3-6-18-15(20(16)27)11-19(29-18)21(28)26-14(7-8-24)10-13-4-1-2-5-17(13)23/h1-2,4-5,11-12,14H,3,6-10,24H2,(H,26,28)/t14-/m1/s1. The highest BCUT2D eigenvalue weighted by Gasteiger charge is 2.24. The van der Waals surface area contributed by atoms with Gasteiger partial charge in [-0.3, -0.25) is 9.48 Å². The molecule has 0 saturated carbocycles. The lowest BCUT2D eigenvalue weighted by atomic mass is 10.0. The summed E-state index contributed by atoms with van der Waals surface area (Å²) in [5.41, 5.74) is 8.15. The number of nitrogens with zero attached hydrogens (tertiary/aromatic N) is 2. The van der Waals surface area contributed by atoms with E-state index < -0.39 is 0 Å². The lowest BCUT2D eigenvalue weighted by Crippen LogP contribution is -2.37. The first-order chi connectivity index (χ1) is 14.1. The van der Waals surface area contributed by atoms with E-state index >= 15 is 0 Å². The third-order valence-corrected chi connectivity index (χ3v) is 6.60. The molecule has 0 aliphatic carbocycles. The van der Waals surface area contributed by atoms with Crippen LogP contribution in [0.5, 0.6) is 0 Å². The van der Waals surface area contributed by atoms with Crippen molar-refractivity contribution in [3.8, 4) is 11.3 Å². The van der Waals surface area contributed by atoms with E-state index in [9.17, 15) is 9.18 Å². The van der Waals surface area contributed by atoms with Crippen molar-refractivity contribution in [1.82, 2.24) is 15.1 Å². The molecule has 5 nitrogen and oxygen atoms in total. The summed E-state index contributed by atoms with van der Waals surface area (Å²) in [6.07, 6.45) is 4.45. The fourth-order valence-electron chi connectivity index (χ4n) is 3.73. The van der Waals surface area contributed by atoms with E-state index in [1.165, 1.54) is 17.4 Å². The molecule has 0 bridgehead atoms. The number of nitrogens with one attached hydrogen (secondary N) is 1. The van der Waals surface area contributed by atoms with Crippen molar-refractivity contribution in [1.29, 1.82) is 0 Å². The number of carbonyl (C=O) groups excluding carboxylic acids is 1. The van der Waals surface area contributed by atoms with Crippen LogP contribution in [0.1, 0.15) is 33.0 Å². The Balaban J connectivity index is 1.56. The van der Waals surface area contributed by atoms with Gasteiger partial charge in [-0.25, -0.2) is 4.39 Å². The Bertz CT molecular complexity index is 1030. The fraction of sp³-hybridized carbons (Fsp3) is 0.333. The molecule has 8 heteroatoms. The summed E-state index contributed by atoms with van der Waals surface area (Å²) in [5, 5.41) is 7.97. The third-order valence-electron chi connectivity index (χ3n) is 5.13. The summed E-state index contributed by atoms with van der Waals surface area (Å²) in [6.45, 7) is 1.22. The van der Waals surface area contributed by atoms with E-state index in [4.69, 9.17) is 17.3 Å². The maximum Gasteiger partial charge on any atom is 0.261 e. The van der Waals surface area contributed by atoms with Crippen LogP contribution in [0.3, 0.4) is 0 Å². The molecule has 1 atom stereocenters. The first kappa shape index (κ1) is 20.1. The van der Waals surface area contributed by atoms with Gasteiger partial charge in [-0.1, -0.05) is 29.8 Å². The number of halogens is 2. The predicted octanol–water partition coefficient (Wildman–Crippen LogP) is 4.04. The van der Waals surface area contributed by atoms with Crippen LogP contribution in [0.2, 0.25) is 5.02 Å². The van der Waals surface area contributed by atoms with Gasteiger partial charge in [0.25, 0.3) is 5.91 Å². The van der Waals surface area contributed by atoms with Crippen molar-refractivity contribution in [3.63, 3.8) is 0 Å². The molecule has 2 aromatic heterocycles. The zero-order chi connectivity index (χ0) is 20.4. The highest BCUT2D eigenvalue weighted by Crippen LogP contribution is 2.38.